The van der Waals surface area contributed by atoms with Crippen LogP contribution in [0.25, 0.3) is 0 Å². The fourth-order valence-electron chi connectivity index (χ4n) is 2.99. The number of hydrogen-bond donors (Lipinski definition) is 1. The summed E-state index contributed by atoms with van der Waals surface area (Å²) >= 11 is 1.69. The summed E-state index contributed by atoms with van der Waals surface area (Å²) in [6.07, 6.45) is 2.05. The average molecular weight is 354 g/mol. The zero-order valence-electron chi connectivity index (χ0n) is 15.6. The normalized spacial score (nSPS) is 18.0. The first-order valence-electron chi connectivity index (χ1n) is 8.62. The highest BCUT2D eigenvalue weighted by atomic mass is 32.1. The molecule has 0 bridgehead atoms. The summed E-state index contributed by atoms with van der Waals surface area (Å²) in [6.45, 7) is 8.19. The van der Waals surface area contributed by atoms with Gasteiger partial charge < -0.3 is 19.9 Å². The first-order valence-corrected chi connectivity index (χ1v) is 9.50. The molecule has 7 heteroatoms. The van der Waals surface area contributed by atoms with E-state index in [-0.39, 0.29) is 5.54 Å². The van der Waals surface area contributed by atoms with Crippen LogP contribution in [0.1, 0.15) is 30.5 Å². The summed E-state index contributed by atoms with van der Waals surface area (Å²) in [5.74, 6) is 0.941. The molecule has 0 aliphatic carbocycles. The van der Waals surface area contributed by atoms with Crippen LogP contribution in [0.4, 0.5) is 0 Å². The Morgan fingerprint density at radius 3 is 2.62 bits per heavy atom. The van der Waals surface area contributed by atoms with Crippen LogP contribution in [0, 0.1) is 6.92 Å². The van der Waals surface area contributed by atoms with Crippen LogP contribution in [0.5, 0.6) is 0 Å². The molecule has 1 N–H and O–H groups in total. The maximum Gasteiger partial charge on any atom is 0.194 e. The summed E-state index contributed by atoms with van der Waals surface area (Å²) in [6, 6.07) is 0. The van der Waals surface area contributed by atoms with Gasteiger partial charge in [-0.1, -0.05) is 0 Å². The third-order valence-electron chi connectivity index (χ3n) is 4.66. The van der Waals surface area contributed by atoms with Gasteiger partial charge in [0.25, 0.3) is 0 Å². The lowest BCUT2D eigenvalue weighted by Crippen LogP contribution is -2.51. The smallest absolute Gasteiger partial charge is 0.194 e. The van der Waals surface area contributed by atoms with Crippen molar-refractivity contribution in [1.82, 2.24) is 20.1 Å². The number of guanidine groups is 1. The number of thiazole rings is 1. The number of nitrogens with one attached hydrogen (secondary N) is 1. The van der Waals surface area contributed by atoms with Gasteiger partial charge in [0.15, 0.2) is 5.96 Å². The van der Waals surface area contributed by atoms with Crippen molar-refractivity contribution in [2.45, 2.75) is 38.8 Å². The van der Waals surface area contributed by atoms with Crippen molar-refractivity contribution in [1.29, 1.82) is 0 Å². The first kappa shape index (κ1) is 19.1. The van der Waals surface area contributed by atoms with Gasteiger partial charge in [-0.05, 0) is 40.8 Å². The van der Waals surface area contributed by atoms with Crippen LogP contribution in [0.3, 0.4) is 0 Å². The molecule has 1 aliphatic rings. The number of nitrogens with zero attached hydrogens (tertiary/aromatic N) is 4. The van der Waals surface area contributed by atoms with Crippen LogP contribution in [0.15, 0.2) is 10.4 Å². The van der Waals surface area contributed by atoms with Gasteiger partial charge in [0.2, 0.25) is 0 Å². The van der Waals surface area contributed by atoms with E-state index >= 15 is 0 Å². The molecule has 1 aliphatic heterocycles. The van der Waals surface area contributed by atoms with Crippen LogP contribution in [-0.4, -0.2) is 73.7 Å². The summed E-state index contributed by atoms with van der Waals surface area (Å²) < 4.78 is 5.55. The van der Waals surface area contributed by atoms with E-state index in [4.69, 9.17) is 9.73 Å². The molecule has 0 amide bonds. The molecule has 2 heterocycles. The van der Waals surface area contributed by atoms with Gasteiger partial charge in [0.1, 0.15) is 0 Å². The van der Waals surface area contributed by atoms with Crippen LogP contribution in [-0.2, 0) is 11.3 Å². The van der Waals surface area contributed by atoms with E-state index in [1.807, 2.05) is 6.92 Å². The Morgan fingerprint density at radius 2 is 2.08 bits per heavy atom. The largest absolute Gasteiger partial charge is 0.381 e. The minimum absolute atomic E-state index is 0.0942. The molecule has 0 atom stereocenters. The van der Waals surface area contributed by atoms with Gasteiger partial charge in [-0.3, -0.25) is 4.99 Å². The highest BCUT2D eigenvalue weighted by Crippen LogP contribution is 2.26. The quantitative estimate of drug-likeness (QED) is 0.626. The lowest BCUT2D eigenvalue weighted by Gasteiger charge is -2.42. The van der Waals surface area contributed by atoms with Gasteiger partial charge in [0.05, 0.1) is 23.8 Å². The van der Waals surface area contributed by atoms with E-state index in [0.29, 0.717) is 0 Å². The Morgan fingerprint density at radius 1 is 1.38 bits per heavy atom. The average Bonchev–Trinajstić information content (AvgIpc) is 2.97. The zero-order chi connectivity index (χ0) is 17.6. The number of likely N-dealkylation sites (N-methyl/N-ethyl adjacent to an activating group) is 1. The fraction of sp³-hybridized carbons (Fsp3) is 0.765. The monoisotopic (exact) mass is 353 g/mol. The number of rotatable bonds is 6. The Balaban J connectivity index is 2.08. The van der Waals surface area contributed by atoms with Crippen LogP contribution >= 0.6 is 11.3 Å². The molecule has 1 saturated heterocycles. The van der Waals surface area contributed by atoms with Gasteiger partial charge in [-0.25, -0.2) is 4.98 Å². The molecular weight excluding hydrogens is 322 g/mol. The second-order valence-corrected chi connectivity index (χ2v) is 7.68. The van der Waals surface area contributed by atoms with E-state index in [2.05, 4.69) is 53.5 Å². The standard InChI is InChI=1S/C17H31N5OS/c1-6-18-16(22(5)11-15-12-24-14(2)20-15)19-13-17(21(3)4)7-9-23-10-8-17/h12H,6-11,13H2,1-5H3,(H,18,19). The molecular formula is C17H31N5OS. The molecule has 2 rings (SSSR count). The predicted octanol–water partition coefficient (Wildman–Crippen LogP) is 1.96. The molecule has 1 aromatic rings. The highest BCUT2D eigenvalue weighted by Gasteiger charge is 2.34. The van der Waals surface area contributed by atoms with Crippen LogP contribution < -0.4 is 5.32 Å². The van der Waals surface area contributed by atoms with E-state index in [1.54, 1.807) is 11.3 Å². The van der Waals surface area contributed by atoms with Crippen molar-refractivity contribution in [3.63, 3.8) is 0 Å². The second kappa shape index (κ2) is 8.78. The summed E-state index contributed by atoms with van der Waals surface area (Å²) in [4.78, 5) is 14.0. The van der Waals surface area contributed by atoms with Crippen LogP contribution in [0.2, 0.25) is 0 Å². The molecule has 0 spiro atoms. The zero-order valence-corrected chi connectivity index (χ0v) is 16.4. The summed E-state index contributed by atoms with van der Waals surface area (Å²) in [7, 11) is 6.37. The first-order chi connectivity index (χ1) is 11.5. The number of aromatic nitrogens is 1. The topological polar surface area (TPSA) is 53.0 Å². The molecule has 0 aromatic carbocycles. The predicted molar refractivity (Wildman–Crippen MR) is 101 cm³/mol. The minimum Gasteiger partial charge on any atom is -0.381 e. The third kappa shape index (κ3) is 4.91. The van der Waals surface area contributed by atoms with Crippen molar-refractivity contribution in [3.8, 4) is 0 Å². The van der Waals surface area contributed by atoms with Gasteiger partial charge in [-0.2, -0.15) is 0 Å². The van der Waals surface area contributed by atoms with E-state index in [9.17, 15) is 0 Å². The maximum absolute atomic E-state index is 5.55. The lowest BCUT2D eigenvalue weighted by atomic mass is 9.89. The van der Waals surface area contributed by atoms with Crippen molar-refractivity contribution < 1.29 is 4.74 Å². The summed E-state index contributed by atoms with van der Waals surface area (Å²) in [5.41, 5.74) is 1.19. The van der Waals surface area contributed by atoms with E-state index < -0.39 is 0 Å². The number of aliphatic imine (C=N–C) groups is 1. The van der Waals surface area contributed by atoms with Crippen molar-refractivity contribution in [2.24, 2.45) is 4.99 Å². The molecule has 1 aromatic heterocycles. The fourth-order valence-corrected chi connectivity index (χ4v) is 3.59. The lowest BCUT2D eigenvalue weighted by molar-refractivity contribution is -0.00263. The second-order valence-electron chi connectivity index (χ2n) is 6.62. The maximum atomic E-state index is 5.55. The molecule has 6 nitrogen and oxygen atoms in total. The molecule has 0 radical (unpaired) electrons. The molecule has 0 unspecified atom stereocenters. The minimum atomic E-state index is 0.0942. The van der Waals surface area contributed by atoms with Gasteiger partial charge >= 0.3 is 0 Å². The van der Waals surface area contributed by atoms with E-state index in [1.165, 1.54) is 0 Å². The molecule has 0 saturated carbocycles. The van der Waals surface area contributed by atoms with Gasteiger partial charge in [0, 0.05) is 37.7 Å². The molecule has 24 heavy (non-hydrogen) atoms. The van der Waals surface area contributed by atoms with Gasteiger partial charge in [-0.15, -0.1) is 11.3 Å². The molecule has 1 fully saturated rings. The third-order valence-corrected chi connectivity index (χ3v) is 5.48. The Hall–Kier alpha value is -1.18. The van der Waals surface area contributed by atoms with Crippen molar-refractivity contribution in [3.05, 3.63) is 16.1 Å². The Kier molecular flexibility index (Phi) is 7.01. The Bertz CT molecular complexity index is 537. The van der Waals surface area contributed by atoms with E-state index in [0.717, 1.165) is 62.4 Å². The molecule has 136 valence electrons. The number of ether oxygens (including phenoxy) is 1. The van der Waals surface area contributed by atoms with Crippen molar-refractivity contribution >= 4 is 17.3 Å². The van der Waals surface area contributed by atoms with Crippen molar-refractivity contribution in [2.75, 3.05) is 47.4 Å². The summed E-state index contributed by atoms with van der Waals surface area (Å²) in [5, 5.41) is 6.63. The number of aryl methyl sites for hydroxylation is 1. The SMILES string of the molecule is CCNC(=NCC1(N(C)C)CCOCC1)N(C)Cc1csc(C)n1. The highest BCUT2D eigenvalue weighted by molar-refractivity contribution is 7.09. The number of hydrogen-bond acceptors (Lipinski definition) is 5. The Labute approximate surface area is 149 Å².